The van der Waals surface area contributed by atoms with Crippen LogP contribution in [0.25, 0.3) is 0 Å². The standard InChI is InChI=1S/C66H111N3O49/c1-14-30(80)38(88)44(94)61(101-14)115-53-29(69-18(5)79)58(108-25(12-76)51(53)113-64-47(97)54(35(85)22(9-73)106-64)116-59-27(67-16(3)77)37(87)49(24(11-75)109-59)111-63-46(96)40(90)32(82)19(6-70)105-63)100-13-26-36(86)55(48(98)65(110-26)112-50-23(10-74)103-57(99)43(93)42(50)92)117-60-28(68-17(4)78)52(34(84)21(8-72)104-60)114-66-56(41(91)33(83)20(7-71)107-66)118-62-45(95)39(89)31(81)15(2)102-62/h14-15,19-66,70-76,80-99H,6-13H2,1-5H3,(H,67,77)(H,68,78)(H,69,79)/t14-,15-,19+,20+,21+,22+,23+,24+,25+,26+,27+,28+,29+,30+,31+,32-,33-,34+,35-,36-,37+,38+,39+,40-,41-,42+,43+,44-,45-,46+,47+,48+,49+,50+,51+,52+,53+,54-,55-,56+,57?,58+,59?,60-,61-,62-,63-,64-,65-,66-/m0/s1. The molecule has 0 radical (unpaired) electrons. The number of hydrogen-bond donors (Lipinski definition) is 30. The largest absolute Gasteiger partial charge is 0.394 e. The highest BCUT2D eigenvalue weighted by molar-refractivity contribution is 5.74. The first-order chi connectivity index (χ1) is 55.8. The Labute approximate surface area is 668 Å². The molecule has 0 bridgehead atoms. The topological polar surface area (TPSA) is 809 Å². The van der Waals surface area contributed by atoms with Gasteiger partial charge in [0, 0.05) is 20.8 Å². The maximum absolute atomic E-state index is 13.6. The molecule has 0 aliphatic carbocycles. The predicted molar refractivity (Wildman–Crippen MR) is 362 cm³/mol. The minimum absolute atomic E-state index is 0.915. The van der Waals surface area contributed by atoms with Crippen molar-refractivity contribution in [2.45, 2.75) is 341 Å². The fourth-order valence-corrected chi connectivity index (χ4v) is 15.4. The van der Waals surface area contributed by atoms with Crippen LogP contribution in [0.3, 0.4) is 0 Å². The lowest BCUT2D eigenvalue weighted by atomic mass is 9.93. The van der Waals surface area contributed by atoms with Gasteiger partial charge in [-0.05, 0) is 13.8 Å². The minimum atomic E-state index is -2.49. The Morgan fingerprint density at radius 2 is 0.534 bits per heavy atom. The van der Waals surface area contributed by atoms with Crippen LogP contribution in [0, 0.1) is 0 Å². The van der Waals surface area contributed by atoms with E-state index in [-0.39, 0.29) is 0 Å². The van der Waals surface area contributed by atoms with Gasteiger partial charge in [-0.2, -0.15) is 0 Å². The second-order valence-corrected chi connectivity index (χ2v) is 30.2. The molecule has 30 N–H and O–H groups in total. The van der Waals surface area contributed by atoms with Crippen molar-refractivity contribution in [3.8, 4) is 0 Å². The molecule has 0 spiro atoms. The summed E-state index contributed by atoms with van der Waals surface area (Å²) in [6, 6.07) is -5.91. The quantitative estimate of drug-likeness (QED) is 0.0331. The predicted octanol–water partition coefficient (Wildman–Crippen LogP) is -20.3. The highest BCUT2D eigenvalue weighted by Gasteiger charge is 2.62. The van der Waals surface area contributed by atoms with Crippen LogP contribution in [0.15, 0.2) is 0 Å². The van der Waals surface area contributed by atoms with E-state index in [0.29, 0.717) is 0 Å². The lowest BCUT2D eigenvalue weighted by Gasteiger charge is -2.51. The van der Waals surface area contributed by atoms with Crippen molar-refractivity contribution >= 4 is 17.7 Å². The summed E-state index contributed by atoms with van der Waals surface area (Å²) in [5.41, 5.74) is 0. The van der Waals surface area contributed by atoms with E-state index in [1.54, 1.807) is 0 Å². The van der Waals surface area contributed by atoms with E-state index in [1.807, 2.05) is 0 Å². The SMILES string of the molecule is CC(=O)N[C@H]1[C@H](OC[C@H]2O[C@@H](O[C@H]3[C@H](O)[C@@H](O)C(O)O[C@@H]3CO)[C@H](O)[C@@H](O[C@@H]3O[C@H](CO)[C@@H](O)[C@H](O[C@@H]4O[C@H](CO)[C@H](O)[C@H](O)[C@H]4O[C@@H]4O[C@@H](C)[C@@H](O)[C@@H](O)[C@@H]4O)[C@H]3NC(C)=O)[C@H]2O)O[C@H](CO)[C@@H](O[C@@H]2O[C@H](CO)[C@H](O)[C@H](OC3O[C@H](CO)[C@@H](O[C@@H]4O[C@H](CO)[C@H](O)[C@H](O)[C@H]4O)[C@H](O)[C@H]3NC(C)=O)[C@H]2O)[C@@H]1O[C@@H]1O[C@@H](C)[C@@H](O)[C@@H](O)[C@@H]1O. The summed E-state index contributed by atoms with van der Waals surface area (Å²) in [5.74, 6) is -2.93. The number of amides is 3. The maximum Gasteiger partial charge on any atom is 0.217 e. The minimum Gasteiger partial charge on any atom is -0.394 e. The van der Waals surface area contributed by atoms with Crippen LogP contribution in [0.2, 0.25) is 0 Å². The fourth-order valence-electron chi connectivity index (χ4n) is 15.4. The molecule has 10 saturated heterocycles. The summed E-state index contributed by atoms with van der Waals surface area (Å²) >= 11 is 0. The van der Waals surface area contributed by atoms with Gasteiger partial charge in [0.25, 0.3) is 0 Å². The number of ether oxygens (including phenoxy) is 19. The highest BCUT2D eigenvalue weighted by atomic mass is 16.8. The molecule has 3 amide bonds. The molecule has 684 valence electrons. The molecule has 10 fully saturated rings. The molecule has 2 unspecified atom stereocenters. The fraction of sp³-hybridized carbons (Fsp3) is 0.955. The number of aliphatic hydroxyl groups excluding tert-OH is 27. The third kappa shape index (κ3) is 20.8. The molecular weight excluding hydrogens is 1620 g/mol. The lowest BCUT2D eigenvalue weighted by molar-refractivity contribution is -0.394. The van der Waals surface area contributed by atoms with Crippen LogP contribution in [0.5, 0.6) is 0 Å². The van der Waals surface area contributed by atoms with Crippen molar-refractivity contribution in [1.82, 2.24) is 16.0 Å². The monoisotopic (exact) mass is 1730 g/mol. The molecule has 0 aromatic carbocycles. The summed E-state index contributed by atoms with van der Waals surface area (Å²) in [5, 5.41) is 307. The van der Waals surface area contributed by atoms with E-state index in [1.165, 1.54) is 13.8 Å². The first-order valence-corrected chi connectivity index (χ1v) is 37.9. The average molecular weight is 1730 g/mol. The first-order valence-electron chi connectivity index (χ1n) is 37.9. The number of nitrogens with one attached hydrogen (secondary N) is 3. The van der Waals surface area contributed by atoms with Gasteiger partial charge in [0.2, 0.25) is 17.7 Å². The summed E-state index contributed by atoms with van der Waals surface area (Å²) < 4.78 is 113. The second kappa shape index (κ2) is 41.8. The number of carbonyl (C=O) groups excluding carboxylic acids is 3. The highest BCUT2D eigenvalue weighted by Crippen LogP contribution is 2.41. The van der Waals surface area contributed by atoms with E-state index in [4.69, 9.17) is 90.0 Å². The van der Waals surface area contributed by atoms with Crippen molar-refractivity contribution in [1.29, 1.82) is 0 Å². The third-order valence-electron chi connectivity index (χ3n) is 22.0. The van der Waals surface area contributed by atoms with Crippen LogP contribution in [-0.2, 0) is 104 Å². The lowest BCUT2D eigenvalue weighted by Crippen LogP contribution is -2.71. The zero-order valence-electron chi connectivity index (χ0n) is 63.6. The van der Waals surface area contributed by atoms with E-state index >= 15 is 0 Å². The Bertz CT molecular complexity index is 3140. The summed E-state index contributed by atoms with van der Waals surface area (Å²) in [7, 11) is 0. The molecule has 52 nitrogen and oxygen atoms in total. The average Bonchev–Trinajstić information content (AvgIpc) is 0.764. The van der Waals surface area contributed by atoms with Crippen LogP contribution >= 0.6 is 0 Å². The van der Waals surface area contributed by atoms with E-state index in [2.05, 4.69) is 16.0 Å². The molecule has 0 saturated carbocycles. The zero-order valence-corrected chi connectivity index (χ0v) is 63.6. The smallest absolute Gasteiger partial charge is 0.217 e. The van der Waals surface area contributed by atoms with Crippen molar-refractivity contribution in [2.75, 3.05) is 52.9 Å². The van der Waals surface area contributed by atoms with Crippen LogP contribution < -0.4 is 16.0 Å². The summed E-state index contributed by atoms with van der Waals surface area (Å²) in [6.07, 6.45) is -96.4. The molecule has 118 heavy (non-hydrogen) atoms. The van der Waals surface area contributed by atoms with Gasteiger partial charge in [-0.15, -0.1) is 0 Å². The molecule has 0 aromatic rings. The van der Waals surface area contributed by atoms with Gasteiger partial charge in [-0.25, -0.2) is 0 Å². The Hall–Kier alpha value is -3.43. The zero-order chi connectivity index (χ0) is 86.8. The second-order valence-electron chi connectivity index (χ2n) is 30.2. The Balaban J connectivity index is 0.966. The van der Waals surface area contributed by atoms with Crippen molar-refractivity contribution in [3.05, 3.63) is 0 Å². The molecule has 10 rings (SSSR count). The number of rotatable bonds is 29. The van der Waals surface area contributed by atoms with Gasteiger partial charge in [-0.3, -0.25) is 14.4 Å². The van der Waals surface area contributed by atoms with Crippen LogP contribution in [-0.4, -0.2) is 515 Å². The van der Waals surface area contributed by atoms with Gasteiger partial charge in [0.1, 0.15) is 232 Å². The Morgan fingerprint density at radius 3 is 1.02 bits per heavy atom. The molecule has 10 aliphatic heterocycles. The molecule has 10 heterocycles. The van der Waals surface area contributed by atoms with Crippen molar-refractivity contribution in [3.63, 3.8) is 0 Å². The van der Waals surface area contributed by atoms with E-state index in [9.17, 15) is 152 Å². The van der Waals surface area contributed by atoms with Gasteiger partial charge in [0.15, 0.2) is 62.9 Å². The van der Waals surface area contributed by atoms with Gasteiger partial charge < -0.3 is 244 Å². The molecule has 10 aliphatic rings. The van der Waals surface area contributed by atoms with E-state index < -0.39 is 377 Å². The van der Waals surface area contributed by atoms with Crippen LogP contribution in [0.1, 0.15) is 34.6 Å². The molecule has 50 atom stereocenters. The normalized spacial score (nSPS) is 51.1. The van der Waals surface area contributed by atoms with E-state index in [0.717, 1.165) is 20.8 Å². The molecule has 52 heteroatoms. The Kier molecular flexibility index (Phi) is 34.3. The third-order valence-corrected chi connectivity index (χ3v) is 22.0. The first kappa shape index (κ1) is 96.8. The van der Waals surface area contributed by atoms with Crippen molar-refractivity contribution in [2.24, 2.45) is 0 Å². The number of hydrogen-bond acceptors (Lipinski definition) is 49. The maximum atomic E-state index is 13.6. The van der Waals surface area contributed by atoms with Crippen molar-refractivity contribution < 1.29 is 242 Å². The molecular formula is C66H111N3O49. The Morgan fingerprint density at radius 1 is 0.237 bits per heavy atom. The van der Waals surface area contributed by atoms with Crippen LogP contribution in [0.4, 0.5) is 0 Å². The van der Waals surface area contributed by atoms with Gasteiger partial charge in [0.05, 0.1) is 65.1 Å². The number of aliphatic hydroxyl groups is 27. The summed E-state index contributed by atoms with van der Waals surface area (Å²) in [4.78, 5) is 39.8. The number of carbonyl (C=O) groups is 3. The summed E-state index contributed by atoms with van der Waals surface area (Å²) in [6.45, 7) is -3.70. The molecule has 0 aromatic heterocycles. The van der Waals surface area contributed by atoms with Gasteiger partial charge in [-0.1, -0.05) is 0 Å². The van der Waals surface area contributed by atoms with Gasteiger partial charge >= 0.3 is 0 Å².